The highest BCUT2D eigenvalue weighted by Crippen LogP contribution is 2.07. The lowest BCUT2D eigenvalue weighted by Crippen LogP contribution is -1.82. The van der Waals surface area contributed by atoms with Crippen LogP contribution in [-0.2, 0) is 0 Å². The minimum absolute atomic E-state index is 0.347. The van der Waals surface area contributed by atoms with Crippen LogP contribution in [0.2, 0.25) is 0 Å². The third-order valence-electron chi connectivity index (χ3n) is 1.23. The van der Waals surface area contributed by atoms with E-state index in [2.05, 4.69) is 0 Å². The molecule has 0 amide bonds. The normalized spacial score (nSPS) is 21.4. The molecule has 0 radical (unpaired) electrons. The van der Waals surface area contributed by atoms with Gasteiger partial charge in [-0.2, -0.15) is 0 Å². The van der Waals surface area contributed by atoms with Crippen molar-refractivity contribution in [1.82, 2.24) is 0 Å². The fourth-order valence-electron chi connectivity index (χ4n) is 0.774. The summed E-state index contributed by atoms with van der Waals surface area (Å²) in [5, 5.41) is 8.99. The molecule has 1 atom stereocenters. The van der Waals surface area contributed by atoms with Crippen LogP contribution in [0.4, 0.5) is 0 Å². The molecule has 1 aliphatic carbocycles. The lowest BCUT2D eigenvalue weighted by atomic mass is 10.1. The lowest BCUT2D eigenvalue weighted by Gasteiger charge is -1.94. The van der Waals surface area contributed by atoms with Gasteiger partial charge in [0.1, 0.15) is 5.76 Å². The van der Waals surface area contributed by atoms with Crippen LogP contribution in [0.25, 0.3) is 0 Å². The van der Waals surface area contributed by atoms with E-state index in [1.54, 1.807) is 12.2 Å². The number of aliphatic hydroxyl groups excluding tert-OH is 1. The maximum atomic E-state index is 8.99. The third kappa shape index (κ3) is 4.43. The molecule has 0 bridgehead atoms. The molecule has 0 spiro atoms. The van der Waals surface area contributed by atoms with Gasteiger partial charge in [0.25, 0.3) is 0 Å². The standard InChI is InChI=1S/C8H10O.C2H6/c1-7-4-2-3-5-8(9)6-7;1-2/h2-7,9H,1H3;1-2H3. The van der Waals surface area contributed by atoms with Gasteiger partial charge >= 0.3 is 0 Å². The predicted octanol–water partition coefficient (Wildman–Crippen LogP) is 3.22. The van der Waals surface area contributed by atoms with Crippen molar-refractivity contribution < 1.29 is 5.11 Å². The molecular formula is C10H16O. The van der Waals surface area contributed by atoms with Crippen molar-refractivity contribution in [1.29, 1.82) is 0 Å². The smallest absolute Gasteiger partial charge is 0.112 e. The van der Waals surface area contributed by atoms with E-state index in [-0.39, 0.29) is 0 Å². The second kappa shape index (κ2) is 5.78. The summed E-state index contributed by atoms with van der Waals surface area (Å²) in [5.74, 6) is 0.701. The van der Waals surface area contributed by atoms with Crippen LogP contribution in [0.3, 0.4) is 0 Å². The van der Waals surface area contributed by atoms with Crippen LogP contribution in [0, 0.1) is 5.92 Å². The fourth-order valence-corrected chi connectivity index (χ4v) is 0.774. The van der Waals surface area contributed by atoms with Crippen LogP contribution >= 0.6 is 0 Å². The van der Waals surface area contributed by atoms with E-state index in [9.17, 15) is 0 Å². The Morgan fingerprint density at radius 2 is 1.91 bits per heavy atom. The summed E-state index contributed by atoms with van der Waals surface area (Å²) in [5.41, 5.74) is 0. The van der Waals surface area contributed by atoms with Crippen LogP contribution in [0.15, 0.2) is 36.1 Å². The molecule has 1 rings (SSSR count). The van der Waals surface area contributed by atoms with Gasteiger partial charge in [0.15, 0.2) is 0 Å². The molecule has 0 saturated carbocycles. The summed E-state index contributed by atoms with van der Waals surface area (Å²) in [4.78, 5) is 0. The van der Waals surface area contributed by atoms with Crippen molar-refractivity contribution in [2.45, 2.75) is 20.8 Å². The Kier molecular flexibility index (Phi) is 5.26. The first kappa shape index (κ1) is 10.0. The predicted molar refractivity (Wildman–Crippen MR) is 49.5 cm³/mol. The largest absolute Gasteiger partial charge is 0.508 e. The fraction of sp³-hybridized carbons (Fsp3) is 0.400. The minimum Gasteiger partial charge on any atom is -0.508 e. The van der Waals surface area contributed by atoms with Gasteiger partial charge in [0.05, 0.1) is 0 Å². The Balaban J connectivity index is 0.000000461. The second-order valence-corrected chi connectivity index (χ2v) is 2.19. The highest BCUT2D eigenvalue weighted by Gasteiger charge is 1.94. The lowest BCUT2D eigenvalue weighted by molar-refractivity contribution is 0.428. The van der Waals surface area contributed by atoms with E-state index >= 15 is 0 Å². The third-order valence-corrected chi connectivity index (χ3v) is 1.23. The Morgan fingerprint density at radius 3 is 2.55 bits per heavy atom. The van der Waals surface area contributed by atoms with Crippen molar-refractivity contribution in [3.8, 4) is 0 Å². The number of rotatable bonds is 0. The SMILES string of the molecule is CC.CC1C=CC=CC(O)=C1. The first-order chi connectivity index (χ1) is 5.29. The average Bonchev–Trinajstić information content (AvgIpc) is 2.18. The molecule has 1 aliphatic rings. The molecule has 1 N–H and O–H groups in total. The van der Waals surface area contributed by atoms with Gasteiger partial charge < -0.3 is 5.11 Å². The summed E-state index contributed by atoms with van der Waals surface area (Å²) in [6.45, 7) is 6.03. The molecule has 0 saturated heterocycles. The van der Waals surface area contributed by atoms with Gasteiger partial charge in [-0.1, -0.05) is 39.0 Å². The molecule has 0 aliphatic heterocycles. The van der Waals surface area contributed by atoms with Gasteiger partial charge in [-0.15, -0.1) is 0 Å². The molecule has 62 valence electrons. The molecule has 11 heavy (non-hydrogen) atoms. The van der Waals surface area contributed by atoms with Crippen molar-refractivity contribution in [2.24, 2.45) is 5.92 Å². The van der Waals surface area contributed by atoms with Crippen molar-refractivity contribution in [3.05, 3.63) is 36.1 Å². The molecule has 0 aromatic heterocycles. The van der Waals surface area contributed by atoms with Gasteiger partial charge in [-0.25, -0.2) is 0 Å². The van der Waals surface area contributed by atoms with Crippen LogP contribution < -0.4 is 0 Å². The Labute approximate surface area is 68.7 Å². The topological polar surface area (TPSA) is 20.2 Å². The van der Waals surface area contributed by atoms with Crippen LogP contribution in [-0.4, -0.2) is 5.11 Å². The summed E-state index contributed by atoms with van der Waals surface area (Å²) < 4.78 is 0. The maximum Gasteiger partial charge on any atom is 0.112 e. The van der Waals surface area contributed by atoms with Gasteiger partial charge in [0.2, 0.25) is 0 Å². The Bertz CT molecular complexity index is 175. The van der Waals surface area contributed by atoms with E-state index < -0.39 is 0 Å². The zero-order chi connectivity index (χ0) is 8.69. The van der Waals surface area contributed by atoms with Crippen molar-refractivity contribution in [2.75, 3.05) is 0 Å². The first-order valence-corrected chi connectivity index (χ1v) is 4.04. The Hall–Kier alpha value is -0.980. The van der Waals surface area contributed by atoms with Crippen molar-refractivity contribution in [3.63, 3.8) is 0 Å². The summed E-state index contributed by atoms with van der Waals surface area (Å²) >= 11 is 0. The van der Waals surface area contributed by atoms with Crippen molar-refractivity contribution >= 4 is 0 Å². The molecular weight excluding hydrogens is 136 g/mol. The summed E-state index contributed by atoms with van der Waals surface area (Å²) in [7, 11) is 0. The van der Waals surface area contributed by atoms with E-state index in [0.29, 0.717) is 11.7 Å². The second-order valence-electron chi connectivity index (χ2n) is 2.19. The molecule has 1 nitrogen and oxygen atoms in total. The van der Waals surface area contributed by atoms with E-state index in [4.69, 9.17) is 5.11 Å². The molecule has 1 unspecified atom stereocenters. The molecule has 0 heterocycles. The number of allylic oxidation sites excluding steroid dienone is 5. The van der Waals surface area contributed by atoms with Crippen LogP contribution in [0.5, 0.6) is 0 Å². The van der Waals surface area contributed by atoms with Gasteiger partial charge in [-0.3, -0.25) is 0 Å². The monoisotopic (exact) mass is 152 g/mol. The van der Waals surface area contributed by atoms with Gasteiger partial charge in [0, 0.05) is 0 Å². The average molecular weight is 152 g/mol. The molecule has 0 fully saturated rings. The van der Waals surface area contributed by atoms with E-state index in [1.165, 1.54) is 0 Å². The highest BCUT2D eigenvalue weighted by atomic mass is 16.3. The quantitative estimate of drug-likeness (QED) is 0.565. The highest BCUT2D eigenvalue weighted by molar-refractivity contribution is 5.22. The van der Waals surface area contributed by atoms with E-state index in [1.807, 2.05) is 39.0 Å². The number of hydrogen-bond acceptors (Lipinski definition) is 1. The van der Waals surface area contributed by atoms with E-state index in [0.717, 1.165) is 0 Å². The molecule has 1 heteroatoms. The zero-order valence-electron chi connectivity index (χ0n) is 7.41. The first-order valence-electron chi connectivity index (χ1n) is 4.04. The number of aliphatic hydroxyl groups is 1. The van der Waals surface area contributed by atoms with Crippen LogP contribution in [0.1, 0.15) is 20.8 Å². The molecule has 0 aromatic carbocycles. The Morgan fingerprint density at radius 1 is 1.27 bits per heavy atom. The van der Waals surface area contributed by atoms with Gasteiger partial charge in [-0.05, 0) is 18.1 Å². The maximum absolute atomic E-state index is 8.99. The number of hydrogen-bond donors (Lipinski definition) is 1. The summed E-state index contributed by atoms with van der Waals surface area (Å²) in [6, 6.07) is 0. The summed E-state index contributed by atoms with van der Waals surface area (Å²) in [6.07, 6.45) is 9.28. The molecule has 0 aromatic rings. The minimum atomic E-state index is 0.347. The zero-order valence-corrected chi connectivity index (χ0v) is 7.41.